The molecule has 4 atom stereocenters. The number of carbonyl (C=O) groups is 1. The number of H-pyrrole nitrogens is 2. The Hall–Kier alpha value is -4.78. The Morgan fingerprint density at radius 1 is 0.897 bits per heavy atom. The van der Waals surface area contributed by atoms with Crippen LogP contribution in [0.5, 0.6) is 5.75 Å². The molecule has 1 saturated carbocycles. The number of imidazole rings is 2. The number of likely N-dealkylation sites (tertiary alicyclic amines) is 1. The van der Waals surface area contributed by atoms with Crippen molar-refractivity contribution in [2.75, 3.05) is 26.3 Å². The van der Waals surface area contributed by atoms with E-state index in [2.05, 4.69) is 73.1 Å². The second kappa shape index (κ2) is 14.8. The van der Waals surface area contributed by atoms with E-state index < -0.39 is 6.23 Å². The normalized spacial score (nSPS) is 22.9. The molecule has 4 fully saturated rings. The number of hydrogen-bond acceptors (Lipinski definition) is 7. The van der Waals surface area contributed by atoms with Gasteiger partial charge in [-0.3, -0.25) is 9.36 Å². The van der Waals surface area contributed by atoms with Gasteiger partial charge in [0.2, 0.25) is 12.1 Å². The number of aromatic amines is 2. The number of carbonyl (C=O) groups excluding carboxylic acids is 1. The number of nitrogens with one attached hydrogen (secondary N) is 3. The summed E-state index contributed by atoms with van der Waals surface area (Å²) >= 11 is 1.81. The number of aromatic nitrogens is 5. The molecule has 2 aromatic carbocycles. The van der Waals surface area contributed by atoms with Gasteiger partial charge in [-0.05, 0) is 119 Å². The lowest BCUT2D eigenvalue weighted by Gasteiger charge is -2.33. The first kappa shape index (κ1) is 36.3. The number of halogens is 1. The number of ether oxygens (including phenoxy) is 2. The van der Waals surface area contributed by atoms with E-state index in [4.69, 9.17) is 14.5 Å². The van der Waals surface area contributed by atoms with Crippen molar-refractivity contribution >= 4 is 28.1 Å². The fourth-order valence-electron chi connectivity index (χ4n) is 10.3. The maximum absolute atomic E-state index is 16.6. The molecule has 10 nitrogen and oxygen atoms in total. The molecule has 1 amide bonds. The molecular weight excluding hydrogens is 750 g/mol. The molecule has 11 rings (SSSR count). The first-order valence-electron chi connectivity index (χ1n) is 21.5. The maximum atomic E-state index is 16.6. The minimum Gasteiger partial charge on any atom is -0.464 e. The molecule has 300 valence electrons. The van der Waals surface area contributed by atoms with Gasteiger partial charge in [-0.25, -0.2) is 14.4 Å². The molecule has 0 radical (unpaired) electrons. The summed E-state index contributed by atoms with van der Waals surface area (Å²) in [6.07, 6.45) is 13.7. The third-order valence-electron chi connectivity index (χ3n) is 13.7. The summed E-state index contributed by atoms with van der Waals surface area (Å²) in [5.41, 5.74) is 5.61. The zero-order valence-electron chi connectivity index (χ0n) is 32.9. The van der Waals surface area contributed by atoms with Crippen LogP contribution in [0.15, 0.2) is 60.9 Å². The molecular formula is C46H50FN7O3S. The SMILES string of the molecule is CCC(C(=O)N1CCCC1c1ncc(-c2ccc3c(c2)cc2n3C(c3ccc(C4CCC4)s3)Oc3cc(-c4cnc(C5CCCN5)[nH]4)cc(F)c3-2)[nH]1)C1CCOCC1. The standard InChI is InChI=1S/C46H50FN7O3S/c1-2-31(26-14-18-56-19-15-26)45(55)53-17-5-9-37(53)44-50-24-34(52-44)28-10-11-36-30(20-28)22-38-42-32(47)21-29(35-25-49-43(51-35)33-8-4-16-48-33)23-39(42)57-46(54(36)38)41-13-12-40(58-41)27-6-3-7-27/h10-13,20-27,31,33,37,46,48H,2-9,14-19H2,1H3,(H,49,51)(H,50,52). The number of rotatable bonds is 9. The van der Waals surface area contributed by atoms with Gasteiger partial charge < -0.3 is 29.7 Å². The van der Waals surface area contributed by atoms with Crippen LogP contribution in [0.2, 0.25) is 0 Å². The van der Waals surface area contributed by atoms with Gasteiger partial charge in [0.25, 0.3) is 0 Å². The van der Waals surface area contributed by atoms with Crippen molar-refractivity contribution in [3.63, 3.8) is 0 Å². The first-order chi connectivity index (χ1) is 28.5. The topological polar surface area (TPSA) is 113 Å². The fourth-order valence-corrected chi connectivity index (χ4v) is 11.5. The molecule has 8 heterocycles. The summed E-state index contributed by atoms with van der Waals surface area (Å²) in [6, 6.07) is 16.6. The second-order valence-corrected chi connectivity index (χ2v) is 18.2. The van der Waals surface area contributed by atoms with Crippen LogP contribution in [0.4, 0.5) is 4.39 Å². The van der Waals surface area contributed by atoms with E-state index in [9.17, 15) is 4.79 Å². The van der Waals surface area contributed by atoms with Crippen LogP contribution < -0.4 is 10.1 Å². The van der Waals surface area contributed by atoms with E-state index in [0.717, 1.165) is 121 Å². The minimum atomic E-state index is -0.447. The van der Waals surface area contributed by atoms with Gasteiger partial charge in [0.05, 0.1) is 57.5 Å². The molecule has 6 aromatic rings. The van der Waals surface area contributed by atoms with Gasteiger partial charge in [0, 0.05) is 47.1 Å². The highest BCUT2D eigenvalue weighted by Gasteiger charge is 2.39. The predicted molar refractivity (Wildman–Crippen MR) is 223 cm³/mol. The summed E-state index contributed by atoms with van der Waals surface area (Å²) in [6.45, 7) is 5.36. The van der Waals surface area contributed by atoms with Gasteiger partial charge in [-0.15, -0.1) is 11.3 Å². The van der Waals surface area contributed by atoms with Crippen molar-refractivity contribution in [2.45, 2.75) is 95.4 Å². The number of hydrogen-bond donors (Lipinski definition) is 3. The molecule has 4 aromatic heterocycles. The van der Waals surface area contributed by atoms with Crippen LogP contribution in [0.3, 0.4) is 0 Å². The van der Waals surface area contributed by atoms with Gasteiger partial charge in [-0.1, -0.05) is 19.4 Å². The smallest absolute Gasteiger partial charge is 0.226 e. The van der Waals surface area contributed by atoms with Crippen molar-refractivity contribution in [1.29, 1.82) is 0 Å². The van der Waals surface area contributed by atoms with Crippen molar-refractivity contribution in [1.82, 2.24) is 34.7 Å². The Morgan fingerprint density at radius 3 is 2.50 bits per heavy atom. The van der Waals surface area contributed by atoms with Crippen molar-refractivity contribution in [2.24, 2.45) is 11.8 Å². The molecule has 3 saturated heterocycles. The summed E-state index contributed by atoms with van der Waals surface area (Å²) in [5, 5.41) is 4.49. The van der Waals surface area contributed by atoms with E-state index in [1.165, 1.54) is 24.1 Å². The largest absolute Gasteiger partial charge is 0.464 e. The summed E-state index contributed by atoms with van der Waals surface area (Å²) in [4.78, 5) is 35.2. The van der Waals surface area contributed by atoms with Crippen molar-refractivity contribution in [3.8, 4) is 39.5 Å². The van der Waals surface area contributed by atoms with E-state index in [0.29, 0.717) is 28.7 Å². The number of benzene rings is 2. The summed E-state index contributed by atoms with van der Waals surface area (Å²) in [5.74, 6) is 3.18. The van der Waals surface area contributed by atoms with Crippen LogP contribution in [-0.4, -0.2) is 61.6 Å². The predicted octanol–water partition coefficient (Wildman–Crippen LogP) is 10.0. The highest BCUT2D eigenvalue weighted by molar-refractivity contribution is 7.12. The molecule has 1 aliphatic carbocycles. The lowest BCUT2D eigenvalue weighted by atomic mass is 9.83. The van der Waals surface area contributed by atoms with Gasteiger partial charge in [-0.2, -0.15) is 0 Å². The highest BCUT2D eigenvalue weighted by atomic mass is 32.1. The maximum Gasteiger partial charge on any atom is 0.226 e. The number of fused-ring (bicyclic) bond motifs is 5. The second-order valence-electron chi connectivity index (χ2n) is 17.0. The fraction of sp³-hybridized carbons (Fsp3) is 0.457. The van der Waals surface area contributed by atoms with Crippen LogP contribution in [-0.2, 0) is 9.53 Å². The Morgan fingerprint density at radius 2 is 1.71 bits per heavy atom. The molecule has 0 bridgehead atoms. The molecule has 5 aliphatic rings. The van der Waals surface area contributed by atoms with Crippen LogP contribution in [0.1, 0.15) is 117 Å². The van der Waals surface area contributed by atoms with E-state index >= 15 is 4.39 Å². The quantitative estimate of drug-likeness (QED) is 0.134. The zero-order valence-corrected chi connectivity index (χ0v) is 33.8. The Balaban J connectivity index is 0.936. The van der Waals surface area contributed by atoms with Crippen LogP contribution in [0.25, 0.3) is 44.7 Å². The molecule has 4 unspecified atom stereocenters. The molecule has 0 spiro atoms. The number of nitrogens with zero attached hydrogens (tertiary/aromatic N) is 4. The number of thiophene rings is 1. The van der Waals surface area contributed by atoms with E-state index in [1.54, 1.807) is 12.3 Å². The Labute approximate surface area is 341 Å². The minimum absolute atomic E-state index is 0.0213. The lowest BCUT2D eigenvalue weighted by molar-refractivity contribution is -0.140. The van der Waals surface area contributed by atoms with Crippen molar-refractivity contribution < 1.29 is 18.7 Å². The third kappa shape index (κ3) is 6.21. The average Bonchev–Trinajstić information content (AvgIpc) is 4.08. The molecule has 4 aliphatic heterocycles. The molecule has 12 heteroatoms. The van der Waals surface area contributed by atoms with Gasteiger partial charge >= 0.3 is 0 Å². The first-order valence-corrected chi connectivity index (χ1v) is 22.3. The lowest BCUT2D eigenvalue weighted by Crippen LogP contribution is -2.40. The van der Waals surface area contributed by atoms with Gasteiger partial charge in [0.15, 0.2) is 0 Å². The highest BCUT2D eigenvalue weighted by Crippen LogP contribution is 2.49. The van der Waals surface area contributed by atoms with Gasteiger partial charge in [0.1, 0.15) is 23.2 Å². The zero-order chi connectivity index (χ0) is 38.9. The van der Waals surface area contributed by atoms with Crippen LogP contribution in [0, 0.1) is 17.7 Å². The van der Waals surface area contributed by atoms with E-state index in [1.807, 2.05) is 23.6 Å². The van der Waals surface area contributed by atoms with E-state index in [-0.39, 0.29) is 29.7 Å². The number of amides is 1. The monoisotopic (exact) mass is 799 g/mol. The Bertz CT molecular complexity index is 2480. The van der Waals surface area contributed by atoms with Crippen molar-refractivity contribution in [3.05, 3.63) is 88.1 Å². The average molecular weight is 800 g/mol. The Kier molecular flexibility index (Phi) is 9.26. The molecule has 58 heavy (non-hydrogen) atoms. The summed E-state index contributed by atoms with van der Waals surface area (Å²) in [7, 11) is 0. The molecule has 3 N–H and O–H groups in total. The summed E-state index contributed by atoms with van der Waals surface area (Å²) < 4.78 is 31.3. The third-order valence-corrected chi connectivity index (χ3v) is 14.9. The van der Waals surface area contributed by atoms with Crippen LogP contribution >= 0.6 is 11.3 Å².